The fourth-order valence-electron chi connectivity index (χ4n) is 7.35. The summed E-state index contributed by atoms with van der Waals surface area (Å²) in [5, 5.41) is 1.51. The van der Waals surface area contributed by atoms with Crippen molar-refractivity contribution in [1.29, 1.82) is 0 Å². The van der Waals surface area contributed by atoms with Gasteiger partial charge in [0.25, 0.3) is 0 Å². The van der Waals surface area contributed by atoms with Crippen LogP contribution >= 0.6 is 8.20 Å². The van der Waals surface area contributed by atoms with Crippen LogP contribution in [-0.4, -0.2) is 17.7 Å². The van der Waals surface area contributed by atoms with Gasteiger partial charge in [0.1, 0.15) is 0 Å². The molecule has 1 heterocycles. The summed E-state index contributed by atoms with van der Waals surface area (Å²) in [6, 6.07) is 21.3. The van der Waals surface area contributed by atoms with Crippen LogP contribution in [-0.2, 0) is 20.0 Å². The van der Waals surface area contributed by atoms with E-state index in [-0.39, 0.29) is 26.6 Å². The normalized spacial score (nSPS) is 20.3. The third-order valence-electron chi connectivity index (χ3n) is 10.4. The van der Waals surface area contributed by atoms with Crippen molar-refractivity contribution in [2.75, 3.05) is 0 Å². The third kappa shape index (κ3) is 7.36. The molecule has 0 radical (unpaired) electrons. The topological polar surface area (TPSA) is 9.23 Å². The zero-order valence-corrected chi connectivity index (χ0v) is 36.9. The first-order valence-corrected chi connectivity index (χ1v) is 23.4. The van der Waals surface area contributed by atoms with Crippen molar-refractivity contribution in [3.8, 4) is 0 Å². The van der Waals surface area contributed by atoms with E-state index in [0.29, 0.717) is 17.8 Å². The van der Waals surface area contributed by atoms with Crippen LogP contribution in [0.3, 0.4) is 0 Å². The summed E-state index contributed by atoms with van der Waals surface area (Å²) in [7, 11) is 1.35. The zero-order chi connectivity index (χ0) is 36.4. The minimum atomic E-state index is -3.53. The van der Waals surface area contributed by atoms with Gasteiger partial charge in [-0.3, -0.25) is 0 Å². The van der Waals surface area contributed by atoms with Crippen molar-refractivity contribution >= 4 is 35.6 Å². The van der Waals surface area contributed by atoms with Gasteiger partial charge in [-0.2, -0.15) is 0 Å². The van der Waals surface area contributed by atoms with Crippen LogP contribution in [0, 0.1) is 0 Å². The molecule has 0 saturated carbocycles. The van der Waals surface area contributed by atoms with Gasteiger partial charge < -0.3 is 0 Å². The van der Waals surface area contributed by atoms with Crippen LogP contribution < -0.4 is 9.70 Å². The number of rotatable bonds is 6. The van der Waals surface area contributed by atoms with Crippen LogP contribution in [0.15, 0.2) is 54.6 Å². The molecule has 1 aliphatic heterocycles. The molecule has 1 aliphatic rings. The van der Waals surface area contributed by atoms with Crippen molar-refractivity contribution in [1.82, 2.24) is 0 Å². The summed E-state index contributed by atoms with van der Waals surface area (Å²) >= 11 is -3.53. The second-order valence-electron chi connectivity index (χ2n) is 19.5. The summed E-state index contributed by atoms with van der Waals surface area (Å²) in [5.41, 5.74) is 10.3. The minimum absolute atomic E-state index is 0.000166. The standard InChI is InChI=1S/C45H67GeOP/c1-28(2)32-24-34(29(3)4)38(35(25-32)30(5)6)46(45(16,17)18)41(39(47-46)31-22-20-19-21-23-31)48-40-36(43(10,11)12)26-33(42(7,8)9)27-37(40)44(13,14)15/h19-30,39H,1-18H3. The zero-order valence-electron chi connectivity index (χ0n) is 33.9. The Kier molecular flexibility index (Phi) is 11.0. The average Bonchev–Trinajstić information content (AvgIpc) is 2.93. The summed E-state index contributed by atoms with van der Waals surface area (Å²) in [5.74, 6) is 1.32. The van der Waals surface area contributed by atoms with E-state index in [9.17, 15) is 0 Å². The molecule has 2 atom stereocenters. The van der Waals surface area contributed by atoms with E-state index < -0.39 is 13.6 Å². The van der Waals surface area contributed by atoms with Crippen LogP contribution in [0.2, 0.25) is 4.25 Å². The average molecular weight is 728 g/mol. The molecule has 262 valence electrons. The number of hydrogen-bond donors (Lipinski definition) is 0. The molecule has 0 bridgehead atoms. The molecule has 0 spiro atoms. The Hall–Kier alpha value is -1.67. The van der Waals surface area contributed by atoms with Crippen molar-refractivity contribution < 1.29 is 3.76 Å². The van der Waals surface area contributed by atoms with Crippen molar-refractivity contribution in [3.63, 3.8) is 0 Å². The maximum absolute atomic E-state index is 7.80. The molecule has 0 aromatic heterocycles. The molecule has 2 unspecified atom stereocenters. The van der Waals surface area contributed by atoms with Gasteiger partial charge in [0.2, 0.25) is 0 Å². The molecule has 48 heavy (non-hydrogen) atoms. The first-order valence-electron chi connectivity index (χ1n) is 18.5. The summed E-state index contributed by atoms with van der Waals surface area (Å²) in [6.07, 6.45) is -0.000166. The van der Waals surface area contributed by atoms with Crippen LogP contribution in [0.5, 0.6) is 0 Å². The van der Waals surface area contributed by atoms with Gasteiger partial charge >= 0.3 is 302 Å². The van der Waals surface area contributed by atoms with Crippen LogP contribution in [0.25, 0.3) is 0 Å². The Bertz CT molecular complexity index is 1580. The van der Waals surface area contributed by atoms with Crippen molar-refractivity contribution in [2.24, 2.45) is 0 Å². The SMILES string of the molecule is CC(C)c1cc(C(C)C)[c]([Ge]2([C](C)(C)C)[O]C(c3ccccc3)[C]2=Pc2c(C(C)(C)C)cc(C(C)(C)C)cc2C(C)(C)C)c(C(C)C)c1. The monoisotopic (exact) mass is 728 g/mol. The van der Waals surface area contributed by atoms with Gasteiger partial charge in [-0.25, -0.2) is 0 Å². The molecule has 4 rings (SSSR count). The predicted molar refractivity (Wildman–Crippen MR) is 218 cm³/mol. The van der Waals surface area contributed by atoms with E-state index >= 15 is 0 Å². The Labute approximate surface area is 300 Å². The summed E-state index contributed by atoms with van der Waals surface area (Å²) in [6.45, 7) is 43.3. The van der Waals surface area contributed by atoms with Gasteiger partial charge in [-0.15, -0.1) is 0 Å². The third-order valence-corrected chi connectivity index (χ3v) is 24.3. The molecule has 1 saturated heterocycles. The van der Waals surface area contributed by atoms with E-state index in [1.807, 2.05) is 0 Å². The van der Waals surface area contributed by atoms with Gasteiger partial charge in [-0.1, -0.05) is 0 Å². The van der Waals surface area contributed by atoms with Gasteiger partial charge in [-0.05, 0) is 0 Å². The van der Waals surface area contributed by atoms with Crippen LogP contribution in [0.1, 0.15) is 187 Å². The quantitative estimate of drug-likeness (QED) is 0.181. The molecule has 0 N–H and O–H groups in total. The molecular formula is C45H67GeOP. The van der Waals surface area contributed by atoms with E-state index in [4.69, 9.17) is 3.76 Å². The molecule has 3 heteroatoms. The van der Waals surface area contributed by atoms with E-state index in [1.165, 1.54) is 52.5 Å². The Morgan fingerprint density at radius 3 is 1.42 bits per heavy atom. The molecule has 3 aromatic rings. The summed E-state index contributed by atoms with van der Waals surface area (Å²) in [4.78, 5) is 0. The Morgan fingerprint density at radius 2 is 1.06 bits per heavy atom. The van der Waals surface area contributed by atoms with Gasteiger partial charge in [0, 0.05) is 0 Å². The first-order chi connectivity index (χ1) is 21.8. The summed E-state index contributed by atoms with van der Waals surface area (Å²) < 4.78 is 11.1. The predicted octanol–water partition coefficient (Wildman–Crippen LogP) is 12.7. The molecule has 1 nitrogen and oxygen atoms in total. The molecule has 3 aromatic carbocycles. The van der Waals surface area contributed by atoms with Crippen molar-refractivity contribution in [3.05, 3.63) is 93.5 Å². The van der Waals surface area contributed by atoms with Gasteiger partial charge in [0.05, 0.1) is 0 Å². The molecule has 0 amide bonds. The number of benzene rings is 3. The Balaban J connectivity index is 2.27. The second kappa shape index (κ2) is 13.5. The van der Waals surface area contributed by atoms with Gasteiger partial charge in [0.15, 0.2) is 0 Å². The fraction of sp³-hybridized carbons (Fsp3) is 0.578. The maximum atomic E-state index is 7.80. The Morgan fingerprint density at radius 1 is 0.604 bits per heavy atom. The fourth-order valence-corrected chi connectivity index (χ4v) is 23.9. The van der Waals surface area contributed by atoms with Crippen molar-refractivity contribution in [2.45, 2.75) is 169 Å². The number of hydrogen-bond acceptors (Lipinski definition) is 1. The molecule has 0 aliphatic carbocycles. The second-order valence-corrected chi connectivity index (χ2v) is 30.3. The van der Waals surface area contributed by atoms with E-state index in [2.05, 4.69) is 179 Å². The molecular weight excluding hydrogens is 660 g/mol. The van der Waals surface area contributed by atoms with Crippen LogP contribution in [0.4, 0.5) is 0 Å². The van der Waals surface area contributed by atoms with E-state index in [0.717, 1.165) is 0 Å². The molecule has 1 fully saturated rings. The van der Waals surface area contributed by atoms with E-state index in [1.54, 1.807) is 8.52 Å². The first kappa shape index (κ1) is 39.1.